The topological polar surface area (TPSA) is 102 Å². The summed E-state index contributed by atoms with van der Waals surface area (Å²) >= 11 is 0. The van der Waals surface area contributed by atoms with E-state index in [1.54, 1.807) is 23.4 Å². The second kappa shape index (κ2) is 7.29. The van der Waals surface area contributed by atoms with Crippen LogP contribution in [0.3, 0.4) is 0 Å². The fraction of sp³-hybridized carbons (Fsp3) is 0.438. The van der Waals surface area contributed by atoms with E-state index in [1.807, 2.05) is 10.8 Å². The molecule has 0 spiro atoms. The van der Waals surface area contributed by atoms with Crippen LogP contribution in [-0.2, 0) is 29.2 Å². The van der Waals surface area contributed by atoms with Gasteiger partial charge in [0.25, 0.3) is 5.56 Å². The molecule has 0 bridgehead atoms. The highest BCUT2D eigenvalue weighted by molar-refractivity contribution is 5.83. The molecule has 1 atom stereocenters. The van der Waals surface area contributed by atoms with E-state index < -0.39 is 0 Å². The standard InChI is InChI=1S/C16H20N6O3/c1-12(23)18-7-16(25)21-9-13(8-20-6-5-17-14(20)11-21)10-22-15(24)3-2-4-19-22/h2-6,13H,7-11H2,1H3,(H,18,23)/t13-/m0/s1. The van der Waals surface area contributed by atoms with E-state index in [0.717, 1.165) is 5.82 Å². The molecule has 3 heterocycles. The molecule has 1 aliphatic rings. The molecule has 9 nitrogen and oxygen atoms in total. The monoisotopic (exact) mass is 344 g/mol. The number of rotatable bonds is 4. The SMILES string of the molecule is CC(=O)NCC(=O)N1Cc2nccn2C[C@H](Cn2ncccc2=O)C1. The molecule has 0 unspecified atom stereocenters. The molecule has 1 aliphatic heterocycles. The Balaban J connectivity index is 1.79. The van der Waals surface area contributed by atoms with Crippen LogP contribution in [0, 0.1) is 5.92 Å². The smallest absolute Gasteiger partial charge is 0.266 e. The van der Waals surface area contributed by atoms with Gasteiger partial charge in [-0.2, -0.15) is 5.10 Å². The summed E-state index contributed by atoms with van der Waals surface area (Å²) in [5.74, 6) is 0.364. The fourth-order valence-corrected chi connectivity index (χ4v) is 2.93. The Hall–Kier alpha value is -2.97. The number of nitrogens with one attached hydrogen (secondary N) is 1. The molecule has 0 saturated carbocycles. The van der Waals surface area contributed by atoms with Gasteiger partial charge in [-0.25, -0.2) is 9.67 Å². The van der Waals surface area contributed by atoms with Gasteiger partial charge in [0.1, 0.15) is 5.82 Å². The maximum absolute atomic E-state index is 12.4. The van der Waals surface area contributed by atoms with Crippen molar-refractivity contribution in [2.75, 3.05) is 13.1 Å². The zero-order chi connectivity index (χ0) is 17.8. The minimum atomic E-state index is -0.249. The predicted octanol–water partition coefficient (Wildman–Crippen LogP) is -0.765. The molecular weight excluding hydrogens is 324 g/mol. The number of amides is 2. The summed E-state index contributed by atoms with van der Waals surface area (Å²) in [6, 6.07) is 3.06. The van der Waals surface area contributed by atoms with Gasteiger partial charge in [0, 0.05) is 50.6 Å². The number of imidazole rings is 1. The van der Waals surface area contributed by atoms with Crippen LogP contribution < -0.4 is 10.9 Å². The van der Waals surface area contributed by atoms with Crippen LogP contribution in [0.1, 0.15) is 12.7 Å². The molecule has 25 heavy (non-hydrogen) atoms. The lowest BCUT2D eigenvalue weighted by Gasteiger charge is -2.24. The molecular formula is C16H20N6O3. The molecule has 9 heteroatoms. The summed E-state index contributed by atoms with van der Waals surface area (Å²) in [6.45, 7) is 3.21. The van der Waals surface area contributed by atoms with Gasteiger partial charge in [-0.3, -0.25) is 14.4 Å². The van der Waals surface area contributed by atoms with Crippen LogP contribution in [-0.4, -0.2) is 49.1 Å². The van der Waals surface area contributed by atoms with Crippen molar-refractivity contribution in [3.05, 3.63) is 46.9 Å². The maximum atomic E-state index is 12.4. The highest BCUT2D eigenvalue weighted by atomic mass is 16.2. The summed E-state index contributed by atoms with van der Waals surface area (Å²) in [4.78, 5) is 41.4. The van der Waals surface area contributed by atoms with E-state index in [2.05, 4.69) is 15.4 Å². The van der Waals surface area contributed by atoms with Crippen LogP contribution in [0.2, 0.25) is 0 Å². The Kier molecular flexibility index (Phi) is 4.92. The summed E-state index contributed by atoms with van der Waals surface area (Å²) in [5.41, 5.74) is -0.172. The predicted molar refractivity (Wildman–Crippen MR) is 88.3 cm³/mol. The first-order valence-corrected chi connectivity index (χ1v) is 8.07. The third-order valence-electron chi connectivity index (χ3n) is 4.13. The third-order valence-corrected chi connectivity index (χ3v) is 4.13. The fourth-order valence-electron chi connectivity index (χ4n) is 2.93. The lowest BCUT2D eigenvalue weighted by Crippen LogP contribution is -2.42. The lowest BCUT2D eigenvalue weighted by atomic mass is 10.1. The zero-order valence-corrected chi connectivity index (χ0v) is 14.0. The molecule has 0 aliphatic carbocycles. The van der Waals surface area contributed by atoms with Crippen molar-refractivity contribution >= 4 is 11.8 Å². The highest BCUT2D eigenvalue weighted by Gasteiger charge is 2.26. The van der Waals surface area contributed by atoms with Gasteiger partial charge in [0.15, 0.2) is 0 Å². The Morgan fingerprint density at radius 1 is 1.32 bits per heavy atom. The second-order valence-electron chi connectivity index (χ2n) is 6.09. The Bertz CT molecular complexity index is 827. The van der Waals surface area contributed by atoms with Crippen molar-refractivity contribution in [1.29, 1.82) is 0 Å². The molecule has 1 N–H and O–H groups in total. The molecule has 2 aromatic rings. The number of carbonyl (C=O) groups is 2. The Morgan fingerprint density at radius 3 is 2.92 bits per heavy atom. The van der Waals surface area contributed by atoms with Crippen LogP contribution in [0.25, 0.3) is 0 Å². The summed E-state index contributed by atoms with van der Waals surface area (Å²) < 4.78 is 3.40. The minimum absolute atomic E-state index is 0.00401. The molecule has 0 radical (unpaired) electrons. The molecule has 2 aromatic heterocycles. The van der Waals surface area contributed by atoms with Gasteiger partial charge < -0.3 is 14.8 Å². The number of hydrogen-bond donors (Lipinski definition) is 1. The van der Waals surface area contributed by atoms with Crippen LogP contribution in [0.4, 0.5) is 0 Å². The van der Waals surface area contributed by atoms with Crippen LogP contribution >= 0.6 is 0 Å². The molecule has 132 valence electrons. The van der Waals surface area contributed by atoms with Crippen molar-refractivity contribution in [1.82, 2.24) is 29.5 Å². The summed E-state index contributed by atoms with van der Waals surface area (Å²) in [6.07, 6.45) is 5.13. The maximum Gasteiger partial charge on any atom is 0.266 e. The van der Waals surface area contributed by atoms with Gasteiger partial charge in [-0.05, 0) is 6.07 Å². The number of hydrogen-bond acceptors (Lipinski definition) is 5. The number of fused-ring (bicyclic) bond motifs is 1. The van der Waals surface area contributed by atoms with E-state index in [9.17, 15) is 14.4 Å². The van der Waals surface area contributed by atoms with E-state index in [4.69, 9.17) is 0 Å². The van der Waals surface area contributed by atoms with Crippen molar-refractivity contribution in [2.45, 2.75) is 26.6 Å². The first-order valence-electron chi connectivity index (χ1n) is 8.07. The van der Waals surface area contributed by atoms with Crippen molar-refractivity contribution < 1.29 is 9.59 Å². The highest BCUT2D eigenvalue weighted by Crippen LogP contribution is 2.16. The Labute approximate surface area is 144 Å². The van der Waals surface area contributed by atoms with Gasteiger partial charge in [0.05, 0.1) is 19.6 Å². The molecule has 0 aromatic carbocycles. The van der Waals surface area contributed by atoms with Gasteiger partial charge in [-0.15, -0.1) is 0 Å². The minimum Gasteiger partial charge on any atom is -0.347 e. The van der Waals surface area contributed by atoms with E-state index in [0.29, 0.717) is 26.2 Å². The summed E-state index contributed by atoms with van der Waals surface area (Å²) in [5, 5.41) is 6.62. The van der Waals surface area contributed by atoms with E-state index in [1.165, 1.54) is 17.7 Å². The van der Waals surface area contributed by atoms with Gasteiger partial charge in [0.2, 0.25) is 11.8 Å². The second-order valence-corrected chi connectivity index (χ2v) is 6.09. The normalized spacial score (nSPS) is 16.8. The average molecular weight is 344 g/mol. The van der Waals surface area contributed by atoms with E-state index in [-0.39, 0.29) is 29.8 Å². The molecule has 0 fully saturated rings. The summed E-state index contributed by atoms with van der Waals surface area (Å²) in [7, 11) is 0. The molecule has 3 rings (SSSR count). The molecule has 0 saturated heterocycles. The van der Waals surface area contributed by atoms with E-state index >= 15 is 0 Å². The van der Waals surface area contributed by atoms with Crippen molar-refractivity contribution in [3.8, 4) is 0 Å². The Morgan fingerprint density at radius 2 is 2.16 bits per heavy atom. The lowest BCUT2D eigenvalue weighted by molar-refractivity contribution is -0.133. The van der Waals surface area contributed by atoms with Crippen molar-refractivity contribution in [2.24, 2.45) is 5.92 Å². The zero-order valence-electron chi connectivity index (χ0n) is 14.0. The third kappa shape index (κ3) is 4.11. The van der Waals surface area contributed by atoms with Crippen molar-refractivity contribution in [3.63, 3.8) is 0 Å². The first kappa shape index (κ1) is 16.9. The number of nitrogens with zero attached hydrogens (tertiary/aromatic N) is 5. The molecule has 2 amide bonds. The largest absolute Gasteiger partial charge is 0.347 e. The van der Waals surface area contributed by atoms with Crippen LogP contribution in [0.5, 0.6) is 0 Å². The number of aromatic nitrogens is 4. The van der Waals surface area contributed by atoms with Crippen LogP contribution in [0.15, 0.2) is 35.5 Å². The average Bonchev–Trinajstić information content (AvgIpc) is 2.93. The first-order chi connectivity index (χ1) is 12.0. The quantitative estimate of drug-likeness (QED) is 0.785. The van der Waals surface area contributed by atoms with Gasteiger partial charge in [-0.1, -0.05) is 0 Å². The van der Waals surface area contributed by atoms with Gasteiger partial charge >= 0.3 is 0 Å². The number of carbonyl (C=O) groups excluding carboxylic acids is 2.